The highest BCUT2D eigenvalue weighted by Crippen LogP contribution is 2.34. The average molecular weight is 416 g/mol. The molecule has 0 saturated carbocycles. The topological polar surface area (TPSA) is 69.6 Å². The van der Waals surface area contributed by atoms with E-state index in [2.05, 4.69) is 5.32 Å². The molecule has 30 heavy (non-hydrogen) atoms. The summed E-state index contributed by atoms with van der Waals surface area (Å²) in [6, 6.07) is 12.2. The number of hydrogen-bond donors (Lipinski definition) is 1. The Kier molecular flexibility index (Phi) is 4.94. The largest absolute Gasteiger partial charge is 0.454 e. The van der Waals surface area contributed by atoms with Gasteiger partial charge < -0.3 is 19.4 Å². The first-order chi connectivity index (χ1) is 14.3. The van der Waals surface area contributed by atoms with Crippen molar-refractivity contribution in [3.05, 3.63) is 87.8 Å². The molecule has 9 heteroatoms. The van der Waals surface area contributed by atoms with Gasteiger partial charge in [-0.1, -0.05) is 12.1 Å². The van der Waals surface area contributed by atoms with E-state index < -0.39 is 23.2 Å². The smallest absolute Gasteiger partial charge is 0.416 e. The minimum atomic E-state index is -4.48. The molecule has 1 amide bonds. The summed E-state index contributed by atoms with van der Waals surface area (Å²) in [4.78, 5) is 24.7. The second-order valence-corrected chi connectivity index (χ2v) is 6.60. The van der Waals surface area contributed by atoms with Crippen LogP contribution >= 0.6 is 0 Å². The van der Waals surface area contributed by atoms with Crippen molar-refractivity contribution in [1.82, 2.24) is 4.57 Å². The van der Waals surface area contributed by atoms with Gasteiger partial charge >= 0.3 is 6.18 Å². The number of benzene rings is 2. The Morgan fingerprint density at radius 1 is 1.03 bits per heavy atom. The van der Waals surface area contributed by atoms with Crippen molar-refractivity contribution in [3.8, 4) is 11.5 Å². The van der Waals surface area contributed by atoms with E-state index in [4.69, 9.17) is 9.47 Å². The van der Waals surface area contributed by atoms with Crippen molar-refractivity contribution in [2.24, 2.45) is 0 Å². The summed E-state index contributed by atoms with van der Waals surface area (Å²) in [7, 11) is 0. The van der Waals surface area contributed by atoms with Gasteiger partial charge in [-0.25, -0.2) is 0 Å². The molecular weight excluding hydrogens is 401 g/mol. The third-order valence-electron chi connectivity index (χ3n) is 4.48. The maximum Gasteiger partial charge on any atom is 0.416 e. The maximum atomic E-state index is 12.9. The van der Waals surface area contributed by atoms with Crippen molar-refractivity contribution in [1.29, 1.82) is 0 Å². The molecule has 0 atom stereocenters. The van der Waals surface area contributed by atoms with Gasteiger partial charge in [0.25, 0.3) is 11.5 Å². The number of nitrogens with one attached hydrogen (secondary N) is 1. The quantitative estimate of drug-likeness (QED) is 0.701. The monoisotopic (exact) mass is 416 g/mol. The number of carbonyl (C=O) groups excluding carboxylic acids is 1. The van der Waals surface area contributed by atoms with E-state index in [1.54, 1.807) is 18.2 Å². The van der Waals surface area contributed by atoms with Crippen LogP contribution in [0.1, 0.15) is 21.5 Å². The summed E-state index contributed by atoms with van der Waals surface area (Å²) in [6.07, 6.45) is -3.17. The van der Waals surface area contributed by atoms with Gasteiger partial charge in [0, 0.05) is 24.0 Å². The number of anilines is 1. The predicted octanol–water partition coefficient (Wildman–Crippen LogP) is 3.90. The zero-order chi connectivity index (χ0) is 21.3. The van der Waals surface area contributed by atoms with Crippen LogP contribution in [-0.2, 0) is 12.7 Å². The number of carbonyl (C=O) groups is 1. The highest BCUT2D eigenvalue weighted by Gasteiger charge is 2.30. The van der Waals surface area contributed by atoms with E-state index in [1.807, 2.05) is 0 Å². The molecule has 1 aliphatic heterocycles. The van der Waals surface area contributed by atoms with Gasteiger partial charge in [-0.2, -0.15) is 13.2 Å². The van der Waals surface area contributed by atoms with Gasteiger partial charge in [-0.15, -0.1) is 0 Å². The molecule has 0 radical (unpaired) electrons. The zero-order valence-corrected chi connectivity index (χ0v) is 15.4. The molecule has 0 spiro atoms. The first-order valence-corrected chi connectivity index (χ1v) is 8.87. The molecule has 1 aliphatic rings. The van der Waals surface area contributed by atoms with Crippen molar-refractivity contribution >= 4 is 11.6 Å². The van der Waals surface area contributed by atoms with Crippen LogP contribution in [0.4, 0.5) is 18.9 Å². The molecule has 0 saturated heterocycles. The number of rotatable bonds is 4. The maximum absolute atomic E-state index is 12.9. The number of nitrogens with zero attached hydrogens (tertiary/aromatic N) is 1. The fraction of sp³-hybridized carbons (Fsp3) is 0.143. The summed E-state index contributed by atoms with van der Waals surface area (Å²) in [5.41, 5.74) is -0.295. The van der Waals surface area contributed by atoms with Crippen LogP contribution in [0, 0.1) is 0 Å². The molecule has 3 aromatic rings. The molecule has 0 fully saturated rings. The fourth-order valence-electron chi connectivity index (χ4n) is 3.01. The second-order valence-electron chi connectivity index (χ2n) is 6.60. The fourth-order valence-corrected chi connectivity index (χ4v) is 3.01. The van der Waals surface area contributed by atoms with Crippen molar-refractivity contribution in [2.45, 2.75) is 12.7 Å². The highest BCUT2D eigenvalue weighted by atomic mass is 19.4. The number of fused-ring (bicyclic) bond motifs is 1. The Bertz CT molecular complexity index is 1170. The molecule has 154 valence electrons. The summed E-state index contributed by atoms with van der Waals surface area (Å²) in [5, 5.41) is 2.69. The molecule has 0 aliphatic carbocycles. The zero-order valence-electron chi connectivity index (χ0n) is 15.4. The van der Waals surface area contributed by atoms with Gasteiger partial charge in [0.2, 0.25) is 6.79 Å². The first kappa shape index (κ1) is 19.6. The first-order valence-electron chi connectivity index (χ1n) is 8.87. The van der Waals surface area contributed by atoms with Crippen LogP contribution in [0.3, 0.4) is 0 Å². The summed E-state index contributed by atoms with van der Waals surface area (Å²) < 4.78 is 50.4. The molecule has 0 bridgehead atoms. The molecule has 1 aromatic heterocycles. The molecule has 2 heterocycles. The molecule has 1 N–H and O–H groups in total. The van der Waals surface area contributed by atoms with Gasteiger partial charge in [0.1, 0.15) is 0 Å². The van der Waals surface area contributed by atoms with Gasteiger partial charge in [0.15, 0.2) is 11.5 Å². The summed E-state index contributed by atoms with van der Waals surface area (Å²) in [6.45, 7) is 0.00112. The summed E-state index contributed by atoms with van der Waals surface area (Å²) >= 11 is 0. The number of aromatic nitrogens is 1. The molecule has 2 aromatic carbocycles. The van der Waals surface area contributed by atoms with E-state index in [0.29, 0.717) is 22.7 Å². The third kappa shape index (κ3) is 4.14. The van der Waals surface area contributed by atoms with Gasteiger partial charge in [0.05, 0.1) is 17.7 Å². The van der Waals surface area contributed by atoms with Crippen LogP contribution < -0.4 is 20.3 Å². The Hall–Kier alpha value is -3.75. The SMILES string of the molecule is O=C(Nc1ccc2c(c1)OCO2)c1ccc(=O)n(Cc2cccc(C(F)(F)F)c2)c1. The van der Waals surface area contributed by atoms with Crippen molar-refractivity contribution < 1.29 is 27.4 Å². The van der Waals surface area contributed by atoms with Crippen LogP contribution in [0.2, 0.25) is 0 Å². The van der Waals surface area contributed by atoms with Gasteiger partial charge in [-0.05, 0) is 35.9 Å². The lowest BCUT2D eigenvalue weighted by molar-refractivity contribution is -0.137. The minimum absolute atomic E-state index is 0.103. The van der Waals surface area contributed by atoms with Crippen LogP contribution in [0.15, 0.2) is 65.6 Å². The number of halogens is 3. The van der Waals surface area contributed by atoms with Crippen LogP contribution in [0.25, 0.3) is 0 Å². The lowest BCUT2D eigenvalue weighted by atomic mass is 10.1. The number of ether oxygens (including phenoxy) is 2. The molecule has 4 rings (SSSR count). The highest BCUT2D eigenvalue weighted by molar-refractivity contribution is 6.04. The lowest BCUT2D eigenvalue weighted by Gasteiger charge is -2.11. The minimum Gasteiger partial charge on any atom is -0.454 e. The number of hydrogen-bond acceptors (Lipinski definition) is 4. The van der Waals surface area contributed by atoms with Crippen molar-refractivity contribution in [2.75, 3.05) is 12.1 Å². The van der Waals surface area contributed by atoms with Crippen LogP contribution in [0.5, 0.6) is 11.5 Å². The normalized spacial score (nSPS) is 12.6. The van der Waals surface area contributed by atoms with E-state index in [-0.39, 0.29) is 18.9 Å². The molecule has 6 nitrogen and oxygen atoms in total. The number of amides is 1. The number of pyridine rings is 1. The Morgan fingerprint density at radius 2 is 1.83 bits per heavy atom. The van der Waals surface area contributed by atoms with Crippen LogP contribution in [-0.4, -0.2) is 17.3 Å². The Morgan fingerprint density at radius 3 is 2.63 bits per heavy atom. The summed E-state index contributed by atoms with van der Waals surface area (Å²) in [5.74, 6) is 0.594. The van der Waals surface area contributed by atoms with Crippen molar-refractivity contribution in [3.63, 3.8) is 0 Å². The van der Waals surface area contributed by atoms with E-state index in [9.17, 15) is 22.8 Å². The van der Waals surface area contributed by atoms with E-state index >= 15 is 0 Å². The van der Waals surface area contributed by atoms with E-state index in [0.717, 1.165) is 12.1 Å². The molecule has 0 unspecified atom stereocenters. The average Bonchev–Trinajstić information content (AvgIpc) is 3.17. The lowest BCUT2D eigenvalue weighted by Crippen LogP contribution is -2.22. The third-order valence-corrected chi connectivity index (χ3v) is 4.48. The van der Waals surface area contributed by atoms with E-state index in [1.165, 1.54) is 35.0 Å². The Labute approximate surface area is 168 Å². The van der Waals surface area contributed by atoms with Gasteiger partial charge in [-0.3, -0.25) is 9.59 Å². The number of alkyl halides is 3. The Balaban J connectivity index is 1.54. The second kappa shape index (κ2) is 7.58. The predicted molar refractivity (Wildman–Crippen MR) is 102 cm³/mol. The molecular formula is C21H15F3N2O4. The standard InChI is InChI=1S/C21H15F3N2O4/c22-21(23,24)15-3-1-2-13(8-15)10-26-11-14(4-7-19(26)27)20(28)25-16-5-6-17-18(9-16)30-12-29-17/h1-9,11H,10,12H2,(H,25,28).